The summed E-state index contributed by atoms with van der Waals surface area (Å²) in [5.74, 6) is 0.870. The summed E-state index contributed by atoms with van der Waals surface area (Å²) in [6, 6.07) is 6.57. The van der Waals surface area contributed by atoms with Crippen LogP contribution in [-0.4, -0.2) is 100 Å². The molecule has 2 bridgehead atoms. The highest BCUT2D eigenvalue weighted by atomic mass is 16.5. The lowest BCUT2D eigenvalue weighted by molar-refractivity contribution is -0.136. The summed E-state index contributed by atoms with van der Waals surface area (Å²) in [7, 11) is 3.47. The van der Waals surface area contributed by atoms with E-state index in [0.29, 0.717) is 60.1 Å². The fraction of sp³-hybridized carbons (Fsp3) is 0.364. The number of nitrogens with one attached hydrogen (secondary N) is 2. The molecule has 0 fully saturated rings. The van der Waals surface area contributed by atoms with Crippen LogP contribution in [0.1, 0.15) is 5.56 Å². The van der Waals surface area contributed by atoms with Crippen LogP contribution in [0, 0.1) is 0 Å². The lowest BCUT2D eigenvalue weighted by Gasteiger charge is -2.29. The van der Waals surface area contributed by atoms with E-state index < -0.39 is 6.04 Å². The van der Waals surface area contributed by atoms with Gasteiger partial charge in [-0.05, 0) is 19.2 Å². The number of aromatic amines is 1. The monoisotopic (exact) mass is 453 g/mol. The van der Waals surface area contributed by atoms with Crippen molar-refractivity contribution in [1.29, 1.82) is 0 Å². The van der Waals surface area contributed by atoms with Crippen molar-refractivity contribution >= 4 is 34.7 Å². The maximum Gasteiger partial charge on any atom is 0.242 e. The van der Waals surface area contributed by atoms with Crippen LogP contribution >= 0.6 is 0 Å². The number of benzene rings is 1. The summed E-state index contributed by atoms with van der Waals surface area (Å²) in [5, 5.41) is 24.1. The second-order valence-electron chi connectivity index (χ2n) is 7.80. The molecule has 33 heavy (non-hydrogen) atoms. The number of fused-ring (bicyclic) bond motifs is 2. The van der Waals surface area contributed by atoms with Crippen LogP contribution in [-0.2, 0) is 4.79 Å². The van der Waals surface area contributed by atoms with E-state index >= 15 is 0 Å². The maximum atomic E-state index is 12.9. The predicted octanol–water partition coefficient (Wildman–Crippen LogP) is 0.969. The maximum absolute atomic E-state index is 12.9. The van der Waals surface area contributed by atoms with Crippen LogP contribution < -0.4 is 10.1 Å². The average molecular weight is 454 g/mol. The molecule has 4 rings (SSSR count). The fourth-order valence-electron chi connectivity index (χ4n) is 3.66. The molecule has 1 aliphatic rings. The molecule has 0 spiro atoms. The van der Waals surface area contributed by atoms with Crippen LogP contribution in [0.5, 0.6) is 11.6 Å². The van der Waals surface area contributed by atoms with Gasteiger partial charge in [0.2, 0.25) is 5.91 Å². The van der Waals surface area contributed by atoms with Gasteiger partial charge in [0.05, 0.1) is 23.2 Å². The molecule has 4 N–H and O–H groups in total. The molecule has 1 atom stereocenters. The van der Waals surface area contributed by atoms with Gasteiger partial charge in [0.1, 0.15) is 36.2 Å². The largest absolute Gasteiger partial charge is 0.494 e. The minimum atomic E-state index is -0.674. The Balaban J connectivity index is 1.71. The molecule has 1 amide bonds. The van der Waals surface area contributed by atoms with Crippen molar-refractivity contribution in [2.24, 2.45) is 4.99 Å². The zero-order valence-corrected chi connectivity index (χ0v) is 18.5. The Morgan fingerprint density at radius 1 is 1.24 bits per heavy atom. The van der Waals surface area contributed by atoms with Crippen molar-refractivity contribution in [3.63, 3.8) is 0 Å². The van der Waals surface area contributed by atoms with Gasteiger partial charge < -0.3 is 30.2 Å². The molecular weight excluding hydrogens is 426 g/mol. The summed E-state index contributed by atoms with van der Waals surface area (Å²) in [5.41, 5.74) is 1.56. The lowest BCUT2D eigenvalue weighted by atomic mass is 10.2. The van der Waals surface area contributed by atoms with Crippen molar-refractivity contribution in [2.45, 2.75) is 6.04 Å². The number of aliphatic imine (C=N–C) groups is 1. The molecule has 0 unspecified atom stereocenters. The smallest absolute Gasteiger partial charge is 0.242 e. The quantitative estimate of drug-likeness (QED) is 0.427. The number of hydrogen-bond acceptors (Lipinski definition) is 9. The summed E-state index contributed by atoms with van der Waals surface area (Å²) >= 11 is 0. The van der Waals surface area contributed by atoms with Gasteiger partial charge in [0.15, 0.2) is 5.88 Å². The van der Waals surface area contributed by atoms with Crippen LogP contribution in [0.4, 0.5) is 11.5 Å². The van der Waals surface area contributed by atoms with Gasteiger partial charge in [-0.15, -0.1) is 0 Å². The summed E-state index contributed by atoms with van der Waals surface area (Å²) in [6.45, 7) is 1.29. The molecule has 1 aromatic carbocycles. The van der Waals surface area contributed by atoms with E-state index in [1.165, 1.54) is 6.33 Å². The Bertz CT molecular complexity index is 1160. The number of likely N-dealkylation sites (N-methyl/N-ethyl adjacent to an activating group) is 2. The first kappa shape index (κ1) is 22.5. The Morgan fingerprint density at radius 3 is 2.91 bits per heavy atom. The van der Waals surface area contributed by atoms with Crippen LogP contribution in [0.3, 0.4) is 0 Å². The molecule has 3 aromatic rings. The van der Waals surface area contributed by atoms with Crippen LogP contribution in [0.15, 0.2) is 35.6 Å². The standard InChI is InChI=1S/C22H27N7O4/c1-28-8-9-33-15-5-3-4-14(10-15)24-11-16-18-19(25-13-26-20(18)27-21(16)31)23-6-7-29(2)22(32)17(28)12-30/h3-5,10-11,13,17,30-31H,6-9,12H2,1-2H3,(H2,23,25,26,27)/t17-/m1/s1. The third kappa shape index (κ3) is 4.89. The topological polar surface area (TPSA) is 139 Å². The van der Waals surface area contributed by atoms with Gasteiger partial charge in [-0.1, -0.05) is 6.07 Å². The molecule has 11 nitrogen and oxygen atoms in total. The minimum Gasteiger partial charge on any atom is -0.494 e. The summed E-state index contributed by atoms with van der Waals surface area (Å²) < 4.78 is 5.83. The molecule has 0 saturated carbocycles. The molecule has 3 heterocycles. The first-order chi connectivity index (χ1) is 16.0. The number of carbonyl (C=O) groups excluding carboxylic acids is 1. The highest BCUT2D eigenvalue weighted by Gasteiger charge is 2.25. The average Bonchev–Trinajstić information content (AvgIpc) is 3.13. The van der Waals surface area contributed by atoms with E-state index in [9.17, 15) is 15.0 Å². The van der Waals surface area contributed by atoms with E-state index in [1.54, 1.807) is 36.2 Å². The van der Waals surface area contributed by atoms with Crippen molar-refractivity contribution in [1.82, 2.24) is 24.8 Å². The number of amides is 1. The molecule has 0 radical (unpaired) electrons. The summed E-state index contributed by atoms with van der Waals surface area (Å²) in [4.78, 5) is 32.1. The SMILES string of the molecule is CN1CCNc2ncnc3[nH]c(O)c(c23)C=Nc2cccc(c2)OCCN(C)[C@H](CO)C1=O. The number of aliphatic hydroxyl groups is 1. The third-order valence-electron chi connectivity index (χ3n) is 5.59. The number of aromatic nitrogens is 3. The second-order valence-corrected chi connectivity index (χ2v) is 7.80. The molecule has 0 aliphatic carbocycles. The second kappa shape index (κ2) is 9.84. The van der Waals surface area contributed by atoms with E-state index in [0.717, 1.165) is 0 Å². The molecule has 1 aliphatic heterocycles. The van der Waals surface area contributed by atoms with Crippen LogP contribution in [0.2, 0.25) is 0 Å². The van der Waals surface area contributed by atoms with Gasteiger partial charge in [0.25, 0.3) is 0 Å². The molecular formula is C22H27N7O4. The molecule has 0 saturated heterocycles. The van der Waals surface area contributed by atoms with Gasteiger partial charge >= 0.3 is 0 Å². The highest BCUT2D eigenvalue weighted by Crippen LogP contribution is 2.30. The Morgan fingerprint density at radius 2 is 2.09 bits per heavy atom. The van der Waals surface area contributed by atoms with E-state index in [4.69, 9.17) is 4.74 Å². The van der Waals surface area contributed by atoms with Gasteiger partial charge in [-0.25, -0.2) is 9.97 Å². The van der Waals surface area contributed by atoms with Crippen molar-refractivity contribution in [3.8, 4) is 11.6 Å². The zero-order chi connectivity index (χ0) is 23.4. The van der Waals surface area contributed by atoms with E-state index in [1.807, 2.05) is 18.2 Å². The van der Waals surface area contributed by atoms with Crippen molar-refractivity contribution < 1.29 is 19.7 Å². The number of carbonyl (C=O) groups is 1. The highest BCUT2D eigenvalue weighted by molar-refractivity contribution is 6.06. The number of H-pyrrole nitrogens is 1. The summed E-state index contributed by atoms with van der Waals surface area (Å²) in [6.07, 6.45) is 2.94. The molecule has 2 aromatic heterocycles. The Hall–Kier alpha value is -3.70. The molecule has 174 valence electrons. The fourth-order valence-corrected chi connectivity index (χ4v) is 3.66. The number of anilines is 1. The lowest BCUT2D eigenvalue weighted by Crippen LogP contribution is -2.50. The Labute approximate surface area is 190 Å². The van der Waals surface area contributed by atoms with Gasteiger partial charge in [-0.2, -0.15) is 0 Å². The van der Waals surface area contributed by atoms with Crippen molar-refractivity contribution in [3.05, 3.63) is 36.2 Å². The molecule has 11 heteroatoms. The van der Waals surface area contributed by atoms with E-state index in [2.05, 4.69) is 25.3 Å². The zero-order valence-electron chi connectivity index (χ0n) is 18.5. The van der Waals surface area contributed by atoms with Gasteiger partial charge in [-0.3, -0.25) is 14.7 Å². The number of rotatable bonds is 1. The van der Waals surface area contributed by atoms with Crippen molar-refractivity contribution in [2.75, 3.05) is 52.3 Å². The van der Waals surface area contributed by atoms with E-state index in [-0.39, 0.29) is 18.4 Å². The van der Waals surface area contributed by atoms with Crippen LogP contribution in [0.25, 0.3) is 11.0 Å². The number of nitrogens with zero attached hydrogens (tertiary/aromatic N) is 5. The number of hydrogen-bond donors (Lipinski definition) is 4. The number of ether oxygens (including phenoxy) is 1. The van der Waals surface area contributed by atoms with Gasteiger partial charge in [0, 0.05) is 39.0 Å². The Kier molecular flexibility index (Phi) is 6.71. The first-order valence-corrected chi connectivity index (χ1v) is 10.6. The predicted molar refractivity (Wildman–Crippen MR) is 124 cm³/mol. The normalized spacial score (nSPS) is 18.5. The number of aromatic hydroxyl groups is 1. The first-order valence-electron chi connectivity index (χ1n) is 10.6. The minimum absolute atomic E-state index is 0.0692. The third-order valence-corrected chi connectivity index (χ3v) is 5.59. The number of aliphatic hydroxyl groups excluding tert-OH is 1.